The maximum atomic E-state index is 10.7. The van der Waals surface area contributed by atoms with E-state index in [0.717, 1.165) is 11.1 Å². The molecule has 0 radical (unpaired) electrons. The third kappa shape index (κ3) is 6.51. The number of hydrogen-bond acceptors (Lipinski definition) is 4. The first-order chi connectivity index (χ1) is 12.8. The van der Waals surface area contributed by atoms with Crippen molar-refractivity contribution >= 4 is 11.4 Å². The molecule has 2 unspecified atom stereocenters. The molecule has 27 heavy (non-hydrogen) atoms. The second-order valence-corrected chi connectivity index (χ2v) is 7.74. The summed E-state index contributed by atoms with van der Waals surface area (Å²) in [6.45, 7) is 8.24. The largest absolute Gasteiger partial charge is 0.750 e. The summed E-state index contributed by atoms with van der Waals surface area (Å²) in [6.07, 6.45) is -0.0275. The lowest BCUT2D eigenvalue weighted by molar-refractivity contribution is 0.171. The zero-order valence-corrected chi connectivity index (χ0v) is 17.0. The molecular weight excluding hydrogens is 360 g/mol. The summed E-state index contributed by atoms with van der Waals surface area (Å²) in [5, 5.41) is 0. The molecular formula is C22H25O4S-. The predicted octanol–water partition coefficient (Wildman–Crippen LogP) is 4.62. The van der Waals surface area contributed by atoms with E-state index in [1.165, 1.54) is 5.56 Å². The Balaban J connectivity index is 2.42. The van der Waals surface area contributed by atoms with Crippen LogP contribution in [0, 0.1) is 11.8 Å². The van der Waals surface area contributed by atoms with Crippen LogP contribution in [0.4, 0.5) is 0 Å². The summed E-state index contributed by atoms with van der Waals surface area (Å²) in [5.74, 6) is 6.50. The van der Waals surface area contributed by atoms with Crippen LogP contribution in [-0.2, 0) is 21.0 Å². The molecule has 0 saturated heterocycles. The van der Waals surface area contributed by atoms with E-state index in [1.54, 1.807) is 0 Å². The van der Waals surface area contributed by atoms with Crippen molar-refractivity contribution in [2.45, 2.75) is 45.6 Å². The van der Waals surface area contributed by atoms with Crippen LogP contribution in [0.5, 0.6) is 5.75 Å². The van der Waals surface area contributed by atoms with Gasteiger partial charge in [-0.3, -0.25) is 4.18 Å². The fraction of sp³-hybridized carbons (Fsp3) is 0.364. The first kappa shape index (κ1) is 21.2. The molecule has 0 aliphatic rings. The van der Waals surface area contributed by atoms with Gasteiger partial charge in [0.15, 0.2) is 6.10 Å². The Hall–Kier alpha value is -2.13. The Morgan fingerprint density at radius 2 is 1.85 bits per heavy atom. The van der Waals surface area contributed by atoms with E-state index in [0.29, 0.717) is 12.2 Å². The molecule has 0 bridgehead atoms. The molecule has 2 rings (SSSR count). The smallest absolute Gasteiger partial charge is 0.183 e. The highest BCUT2D eigenvalue weighted by Crippen LogP contribution is 2.35. The van der Waals surface area contributed by atoms with Gasteiger partial charge in [-0.15, -0.1) is 0 Å². The minimum absolute atomic E-state index is 0.00789. The van der Waals surface area contributed by atoms with Crippen molar-refractivity contribution in [1.82, 2.24) is 0 Å². The van der Waals surface area contributed by atoms with E-state index in [-0.39, 0.29) is 12.0 Å². The van der Waals surface area contributed by atoms with Crippen molar-refractivity contribution in [3.05, 3.63) is 54.1 Å². The molecule has 2 aromatic carbocycles. The van der Waals surface area contributed by atoms with Crippen LogP contribution in [0.3, 0.4) is 0 Å². The van der Waals surface area contributed by atoms with Crippen LogP contribution in [0.25, 0.3) is 11.1 Å². The van der Waals surface area contributed by atoms with Crippen molar-refractivity contribution in [1.29, 1.82) is 0 Å². The van der Waals surface area contributed by atoms with E-state index < -0.39 is 17.5 Å². The Labute approximate surface area is 164 Å². The van der Waals surface area contributed by atoms with Gasteiger partial charge in [-0.1, -0.05) is 75.9 Å². The lowest BCUT2D eigenvalue weighted by Gasteiger charge is -2.23. The van der Waals surface area contributed by atoms with Gasteiger partial charge in [-0.25, -0.2) is 4.21 Å². The quantitative estimate of drug-likeness (QED) is 0.538. The molecule has 0 saturated carbocycles. The van der Waals surface area contributed by atoms with Crippen molar-refractivity contribution in [2.75, 3.05) is 6.61 Å². The third-order valence-corrected chi connectivity index (χ3v) is 4.28. The van der Waals surface area contributed by atoms with Crippen LogP contribution in [-0.4, -0.2) is 21.5 Å². The zero-order chi connectivity index (χ0) is 19.9. The first-order valence-corrected chi connectivity index (χ1v) is 9.88. The van der Waals surface area contributed by atoms with E-state index in [9.17, 15) is 8.76 Å². The number of ether oxygens (including phenoxy) is 1. The van der Waals surface area contributed by atoms with Crippen LogP contribution in [0.15, 0.2) is 48.5 Å². The molecule has 4 nitrogen and oxygen atoms in total. The van der Waals surface area contributed by atoms with Gasteiger partial charge >= 0.3 is 0 Å². The van der Waals surface area contributed by atoms with Gasteiger partial charge in [-0.05, 0) is 28.7 Å². The second-order valence-electron chi connectivity index (χ2n) is 7.10. The first-order valence-electron chi connectivity index (χ1n) is 8.88. The molecule has 0 aliphatic heterocycles. The topological polar surface area (TPSA) is 58.6 Å². The van der Waals surface area contributed by atoms with E-state index in [1.807, 2.05) is 49.4 Å². The Kier molecular flexibility index (Phi) is 7.61. The highest BCUT2D eigenvalue weighted by atomic mass is 32.2. The molecule has 0 amide bonds. The standard InChI is InChI=1S/C22H26O4S/c1-5-6-12-19(16-25-27(23)24)26-21-14-13-18(22(2,3)4)15-20(21)17-10-8-7-9-11-17/h7-11,13-15,19H,5,16H2,1-4H3,(H,23,24)/p-1. The maximum Gasteiger partial charge on any atom is 0.183 e. The van der Waals surface area contributed by atoms with Gasteiger partial charge in [-0.2, -0.15) is 0 Å². The number of hydrogen-bond donors (Lipinski definition) is 0. The van der Waals surface area contributed by atoms with Crippen LogP contribution >= 0.6 is 0 Å². The Bertz CT molecular complexity index is 829. The van der Waals surface area contributed by atoms with Crippen LogP contribution < -0.4 is 4.74 Å². The predicted molar refractivity (Wildman–Crippen MR) is 108 cm³/mol. The SMILES string of the molecule is CCC#CC(COS(=O)[O-])Oc1ccc(C(C)(C)C)cc1-c1ccccc1. The summed E-state index contributed by atoms with van der Waals surface area (Å²) >= 11 is -2.60. The fourth-order valence-corrected chi connectivity index (χ4v) is 2.77. The normalized spacial score (nSPS) is 13.4. The van der Waals surface area contributed by atoms with Gasteiger partial charge in [0.2, 0.25) is 0 Å². The lowest BCUT2D eigenvalue weighted by Crippen LogP contribution is -2.22. The van der Waals surface area contributed by atoms with Gasteiger partial charge in [0.25, 0.3) is 0 Å². The molecule has 2 atom stereocenters. The maximum absolute atomic E-state index is 10.7. The molecule has 0 N–H and O–H groups in total. The van der Waals surface area contributed by atoms with Crippen LogP contribution in [0.2, 0.25) is 0 Å². The fourth-order valence-electron chi connectivity index (χ4n) is 2.53. The molecule has 0 aromatic heterocycles. The van der Waals surface area contributed by atoms with E-state index in [2.05, 4.69) is 42.9 Å². The Morgan fingerprint density at radius 3 is 2.44 bits per heavy atom. The highest BCUT2D eigenvalue weighted by molar-refractivity contribution is 7.74. The lowest BCUT2D eigenvalue weighted by atomic mass is 9.85. The average molecular weight is 386 g/mol. The van der Waals surface area contributed by atoms with Crippen molar-refractivity contribution in [3.8, 4) is 28.7 Å². The second kappa shape index (κ2) is 9.70. The van der Waals surface area contributed by atoms with E-state index in [4.69, 9.17) is 4.74 Å². The van der Waals surface area contributed by atoms with Crippen LogP contribution in [0.1, 0.15) is 39.7 Å². The number of benzene rings is 2. The third-order valence-electron chi connectivity index (χ3n) is 3.96. The molecule has 0 fully saturated rings. The average Bonchev–Trinajstić information content (AvgIpc) is 2.63. The summed E-state index contributed by atoms with van der Waals surface area (Å²) < 4.78 is 32.2. The number of rotatable bonds is 6. The van der Waals surface area contributed by atoms with E-state index >= 15 is 0 Å². The minimum atomic E-state index is -2.60. The molecule has 0 aliphatic carbocycles. The van der Waals surface area contributed by atoms with Gasteiger partial charge in [0.1, 0.15) is 12.4 Å². The summed E-state index contributed by atoms with van der Waals surface area (Å²) in [4.78, 5) is 0. The zero-order valence-electron chi connectivity index (χ0n) is 16.2. The highest BCUT2D eigenvalue weighted by Gasteiger charge is 2.18. The van der Waals surface area contributed by atoms with Gasteiger partial charge in [0.05, 0.1) is 11.4 Å². The molecule has 0 heterocycles. The summed E-state index contributed by atoms with van der Waals surface area (Å²) in [6, 6.07) is 16.0. The van der Waals surface area contributed by atoms with Gasteiger partial charge in [0, 0.05) is 12.0 Å². The Morgan fingerprint density at radius 1 is 1.15 bits per heavy atom. The molecule has 144 valence electrons. The minimum Gasteiger partial charge on any atom is -0.750 e. The monoisotopic (exact) mass is 385 g/mol. The summed E-state index contributed by atoms with van der Waals surface area (Å²) in [7, 11) is 0. The van der Waals surface area contributed by atoms with Crippen molar-refractivity contribution < 1.29 is 17.7 Å². The van der Waals surface area contributed by atoms with Gasteiger partial charge < -0.3 is 9.29 Å². The molecule has 0 spiro atoms. The van der Waals surface area contributed by atoms with Crippen molar-refractivity contribution in [3.63, 3.8) is 0 Å². The molecule has 2 aromatic rings. The van der Waals surface area contributed by atoms with Crippen molar-refractivity contribution in [2.24, 2.45) is 0 Å². The molecule has 5 heteroatoms. The summed E-state index contributed by atoms with van der Waals surface area (Å²) in [5.41, 5.74) is 3.14.